The molecule has 0 amide bonds. The van der Waals surface area contributed by atoms with Gasteiger partial charge in [-0.15, -0.1) is 0 Å². The first-order valence-electron chi connectivity index (χ1n) is 5.78. The molecule has 0 aliphatic carbocycles. The van der Waals surface area contributed by atoms with Crippen molar-refractivity contribution in [3.05, 3.63) is 28.8 Å². The molecular formula is C12H10F6N2O2. The number of methoxy groups -OCH3 is 1. The van der Waals surface area contributed by atoms with Crippen molar-refractivity contribution in [3.8, 4) is 6.07 Å². The Balaban J connectivity index is 3.44. The molecule has 3 unspecified atom stereocenters. The van der Waals surface area contributed by atoms with Gasteiger partial charge in [-0.25, -0.2) is 13.8 Å². The molecule has 4 nitrogen and oxygen atoms in total. The highest BCUT2D eigenvalue weighted by Crippen LogP contribution is 2.37. The summed E-state index contributed by atoms with van der Waals surface area (Å²) < 4.78 is 83.0. The summed E-state index contributed by atoms with van der Waals surface area (Å²) in [5.74, 6) is -7.26. The number of ether oxygens (including phenoxy) is 1. The van der Waals surface area contributed by atoms with Gasteiger partial charge >= 0.3 is 6.18 Å². The van der Waals surface area contributed by atoms with E-state index in [2.05, 4.69) is 9.72 Å². The minimum atomic E-state index is -5.08. The monoisotopic (exact) mass is 328 g/mol. The van der Waals surface area contributed by atoms with Crippen LogP contribution in [0.3, 0.4) is 0 Å². The van der Waals surface area contributed by atoms with Crippen LogP contribution in [-0.2, 0) is 4.74 Å². The molecule has 1 rings (SSSR count). The van der Waals surface area contributed by atoms with Gasteiger partial charge in [0.05, 0.1) is 11.7 Å². The minimum absolute atomic E-state index is 0.815. The number of pyridine rings is 1. The fraction of sp³-hybridized carbons (Fsp3) is 0.500. The Morgan fingerprint density at radius 2 is 1.77 bits per heavy atom. The molecule has 22 heavy (non-hydrogen) atoms. The van der Waals surface area contributed by atoms with Crippen LogP contribution in [-0.4, -0.2) is 29.5 Å². The van der Waals surface area contributed by atoms with Crippen LogP contribution >= 0.6 is 0 Å². The van der Waals surface area contributed by atoms with Gasteiger partial charge in [-0.05, 0) is 0 Å². The Kier molecular flexibility index (Phi) is 5.37. The lowest BCUT2D eigenvalue weighted by atomic mass is 9.91. The number of rotatable bonds is 4. The van der Waals surface area contributed by atoms with Crippen LogP contribution in [0.25, 0.3) is 0 Å². The van der Waals surface area contributed by atoms with Crippen molar-refractivity contribution in [2.45, 2.75) is 25.3 Å². The average molecular weight is 328 g/mol. The van der Waals surface area contributed by atoms with Gasteiger partial charge in [-0.3, -0.25) is 0 Å². The van der Waals surface area contributed by atoms with Crippen LogP contribution in [0.4, 0.5) is 26.3 Å². The Labute approximate surface area is 120 Å². The van der Waals surface area contributed by atoms with Crippen molar-refractivity contribution in [1.29, 1.82) is 5.26 Å². The number of aromatic nitrogens is 1. The molecule has 0 aliphatic heterocycles. The van der Waals surface area contributed by atoms with E-state index in [9.17, 15) is 31.4 Å². The SMILES string of the molecule is COC(c1c(F)c(F)nc(C#N)c1F)C(C)C(O)C(F)(F)F. The molecule has 10 heteroatoms. The molecule has 1 aromatic rings. The maximum Gasteiger partial charge on any atom is 0.414 e. The Bertz CT molecular complexity index is 599. The molecule has 122 valence electrons. The molecule has 0 fully saturated rings. The number of nitriles is 1. The largest absolute Gasteiger partial charge is 0.414 e. The zero-order chi connectivity index (χ0) is 17.2. The lowest BCUT2D eigenvalue weighted by molar-refractivity contribution is -0.228. The molecule has 0 radical (unpaired) electrons. The van der Waals surface area contributed by atoms with Crippen molar-refractivity contribution < 1.29 is 36.2 Å². The van der Waals surface area contributed by atoms with Crippen LogP contribution < -0.4 is 0 Å². The first-order chi connectivity index (χ1) is 10.1. The highest BCUT2D eigenvalue weighted by Gasteiger charge is 2.46. The number of aliphatic hydroxyl groups excluding tert-OH is 1. The fourth-order valence-electron chi connectivity index (χ4n) is 1.91. The molecule has 0 saturated carbocycles. The Morgan fingerprint density at radius 3 is 2.18 bits per heavy atom. The van der Waals surface area contributed by atoms with E-state index in [0.29, 0.717) is 0 Å². The zero-order valence-corrected chi connectivity index (χ0v) is 11.2. The lowest BCUT2D eigenvalue weighted by Crippen LogP contribution is -2.38. The van der Waals surface area contributed by atoms with Gasteiger partial charge < -0.3 is 9.84 Å². The third kappa shape index (κ3) is 3.31. The summed E-state index contributed by atoms with van der Waals surface area (Å²) in [6.45, 7) is 0.815. The van der Waals surface area contributed by atoms with Crippen LogP contribution in [0.5, 0.6) is 0 Å². The maximum atomic E-state index is 13.9. The van der Waals surface area contributed by atoms with E-state index in [1.54, 1.807) is 0 Å². The molecule has 0 saturated heterocycles. The van der Waals surface area contributed by atoms with Gasteiger partial charge in [-0.2, -0.15) is 22.8 Å². The van der Waals surface area contributed by atoms with E-state index in [1.807, 2.05) is 0 Å². The maximum absolute atomic E-state index is 13.9. The lowest BCUT2D eigenvalue weighted by Gasteiger charge is -2.29. The number of hydrogen-bond acceptors (Lipinski definition) is 4. The molecule has 1 aromatic heterocycles. The van der Waals surface area contributed by atoms with E-state index in [4.69, 9.17) is 5.26 Å². The first kappa shape index (κ1) is 18.2. The van der Waals surface area contributed by atoms with Crippen molar-refractivity contribution in [2.24, 2.45) is 5.92 Å². The predicted octanol–water partition coefficient (Wildman–Crippen LogP) is 2.62. The summed E-state index contributed by atoms with van der Waals surface area (Å²) in [5, 5.41) is 17.7. The second kappa shape index (κ2) is 6.50. The van der Waals surface area contributed by atoms with Gasteiger partial charge in [0.15, 0.2) is 23.4 Å². The molecule has 1 heterocycles. The van der Waals surface area contributed by atoms with Crippen molar-refractivity contribution >= 4 is 0 Å². The summed E-state index contributed by atoms with van der Waals surface area (Å²) in [7, 11) is 0.827. The predicted molar refractivity (Wildman–Crippen MR) is 59.8 cm³/mol. The van der Waals surface area contributed by atoms with Crippen molar-refractivity contribution in [3.63, 3.8) is 0 Å². The van der Waals surface area contributed by atoms with Gasteiger partial charge in [0, 0.05) is 13.0 Å². The average Bonchev–Trinajstić information content (AvgIpc) is 2.44. The van der Waals surface area contributed by atoms with E-state index >= 15 is 0 Å². The molecule has 0 bridgehead atoms. The summed E-state index contributed by atoms with van der Waals surface area (Å²) in [4.78, 5) is 2.70. The highest BCUT2D eigenvalue weighted by molar-refractivity contribution is 5.31. The zero-order valence-electron chi connectivity index (χ0n) is 11.2. The third-order valence-electron chi connectivity index (χ3n) is 3.03. The van der Waals surface area contributed by atoms with Gasteiger partial charge in [0.2, 0.25) is 0 Å². The summed E-state index contributed by atoms with van der Waals surface area (Å²) in [6.07, 6.45) is -10.0. The normalized spacial score (nSPS) is 16.0. The number of aliphatic hydroxyl groups is 1. The van der Waals surface area contributed by atoms with Crippen LogP contribution in [0.1, 0.15) is 24.3 Å². The number of hydrogen-bond donors (Lipinski definition) is 1. The Hall–Kier alpha value is -1.86. The van der Waals surface area contributed by atoms with E-state index in [1.165, 1.54) is 0 Å². The third-order valence-corrected chi connectivity index (χ3v) is 3.03. The number of nitrogens with zero attached hydrogens (tertiary/aromatic N) is 2. The van der Waals surface area contributed by atoms with Crippen LogP contribution in [0.15, 0.2) is 0 Å². The fourth-order valence-corrected chi connectivity index (χ4v) is 1.91. The second-order valence-electron chi connectivity index (χ2n) is 4.41. The van der Waals surface area contributed by atoms with Crippen LogP contribution in [0, 0.1) is 34.8 Å². The van der Waals surface area contributed by atoms with Crippen LogP contribution in [0.2, 0.25) is 0 Å². The molecule has 0 aromatic carbocycles. The summed E-state index contributed by atoms with van der Waals surface area (Å²) in [6, 6.07) is 1.15. The first-order valence-corrected chi connectivity index (χ1v) is 5.78. The van der Waals surface area contributed by atoms with Crippen molar-refractivity contribution in [1.82, 2.24) is 4.98 Å². The number of alkyl halides is 3. The minimum Gasteiger partial charge on any atom is -0.383 e. The van der Waals surface area contributed by atoms with E-state index < -0.39 is 53.1 Å². The number of halogens is 6. The molecular weight excluding hydrogens is 318 g/mol. The Morgan fingerprint density at radius 1 is 1.23 bits per heavy atom. The van der Waals surface area contributed by atoms with E-state index in [0.717, 1.165) is 20.1 Å². The quantitative estimate of drug-likeness (QED) is 0.682. The molecule has 3 atom stereocenters. The van der Waals surface area contributed by atoms with Gasteiger partial charge in [0.1, 0.15) is 6.07 Å². The summed E-state index contributed by atoms with van der Waals surface area (Å²) in [5.41, 5.74) is -2.37. The topological polar surface area (TPSA) is 66.1 Å². The molecule has 1 N–H and O–H groups in total. The second-order valence-corrected chi connectivity index (χ2v) is 4.41. The molecule has 0 spiro atoms. The van der Waals surface area contributed by atoms with Gasteiger partial charge in [0.25, 0.3) is 5.95 Å². The standard InChI is InChI=1S/C12H10F6N2O2/c1-4(10(21)12(16,17)18)9(22-2)6-7(13)5(3-19)20-11(15)8(6)14/h4,9-10,21H,1-2H3. The molecule has 0 aliphatic rings. The van der Waals surface area contributed by atoms with Crippen molar-refractivity contribution in [2.75, 3.05) is 7.11 Å². The van der Waals surface area contributed by atoms with E-state index in [-0.39, 0.29) is 0 Å². The summed E-state index contributed by atoms with van der Waals surface area (Å²) >= 11 is 0. The highest BCUT2D eigenvalue weighted by atomic mass is 19.4. The van der Waals surface area contributed by atoms with Gasteiger partial charge in [-0.1, -0.05) is 6.92 Å². The smallest absolute Gasteiger partial charge is 0.383 e.